The lowest BCUT2D eigenvalue weighted by atomic mass is 10.2. The Balaban J connectivity index is 2.15. The molecule has 0 amide bonds. The second-order valence-corrected chi connectivity index (χ2v) is 5.66. The first-order valence-electron chi connectivity index (χ1n) is 6.57. The van der Waals surface area contributed by atoms with Gasteiger partial charge in [-0.15, -0.1) is 0 Å². The van der Waals surface area contributed by atoms with Crippen molar-refractivity contribution in [2.24, 2.45) is 5.10 Å². The molecule has 0 unspecified atom stereocenters. The number of benzene rings is 2. The van der Waals surface area contributed by atoms with Crippen LogP contribution in [0.1, 0.15) is 11.4 Å². The van der Waals surface area contributed by atoms with E-state index in [1.807, 2.05) is 6.07 Å². The molecule has 0 atom stereocenters. The van der Waals surface area contributed by atoms with E-state index in [0.29, 0.717) is 22.3 Å². The second-order valence-electron chi connectivity index (χ2n) is 4.74. The van der Waals surface area contributed by atoms with E-state index in [9.17, 15) is 9.90 Å². The van der Waals surface area contributed by atoms with Gasteiger partial charge in [0.2, 0.25) is 0 Å². The van der Waals surface area contributed by atoms with Gasteiger partial charge in [-0.1, -0.05) is 28.1 Å². The minimum atomic E-state index is -0.254. The zero-order valence-electron chi connectivity index (χ0n) is 11.7. The van der Waals surface area contributed by atoms with Gasteiger partial charge in [-0.2, -0.15) is 9.78 Å². The molecular weight excluding hydrogens is 346 g/mol. The Morgan fingerprint density at radius 1 is 1.27 bits per heavy atom. The summed E-state index contributed by atoms with van der Waals surface area (Å²) >= 11 is 3.35. The molecule has 0 aliphatic carbocycles. The quantitative estimate of drug-likeness (QED) is 0.716. The number of para-hydroxylation sites is 1. The highest BCUT2D eigenvalue weighted by Crippen LogP contribution is 2.16. The number of aromatic hydroxyl groups is 1. The predicted octanol–water partition coefficient (Wildman–Crippen LogP) is 3.06. The van der Waals surface area contributed by atoms with Crippen LogP contribution in [0.3, 0.4) is 0 Å². The van der Waals surface area contributed by atoms with Crippen molar-refractivity contribution in [2.45, 2.75) is 6.92 Å². The number of phenols is 1. The Bertz CT molecular complexity index is 948. The lowest BCUT2D eigenvalue weighted by Gasteiger charge is -2.06. The van der Waals surface area contributed by atoms with Crippen molar-refractivity contribution < 1.29 is 5.11 Å². The average Bonchev–Trinajstić information content (AvgIpc) is 2.50. The van der Waals surface area contributed by atoms with Crippen LogP contribution in [0.25, 0.3) is 10.9 Å². The van der Waals surface area contributed by atoms with Crippen LogP contribution in [-0.4, -0.2) is 21.0 Å². The molecule has 0 bridgehead atoms. The summed E-state index contributed by atoms with van der Waals surface area (Å²) in [6, 6.07) is 12.1. The maximum absolute atomic E-state index is 12.5. The van der Waals surface area contributed by atoms with Crippen LogP contribution in [0.4, 0.5) is 0 Å². The van der Waals surface area contributed by atoms with Crippen LogP contribution in [-0.2, 0) is 0 Å². The summed E-state index contributed by atoms with van der Waals surface area (Å²) in [6.45, 7) is 1.71. The van der Waals surface area contributed by atoms with Gasteiger partial charge in [0.15, 0.2) is 0 Å². The summed E-state index contributed by atoms with van der Waals surface area (Å²) in [7, 11) is 0. The Morgan fingerprint density at radius 3 is 2.82 bits per heavy atom. The highest BCUT2D eigenvalue weighted by molar-refractivity contribution is 9.10. The fourth-order valence-corrected chi connectivity index (χ4v) is 2.47. The van der Waals surface area contributed by atoms with Gasteiger partial charge in [0, 0.05) is 10.0 Å². The third kappa shape index (κ3) is 2.65. The fraction of sp³-hybridized carbons (Fsp3) is 0.0625. The number of halogens is 1. The third-order valence-corrected chi connectivity index (χ3v) is 3.71. The van der Waals surface area contributed by atoms with Crippen molar-refractivity contribution in [3.8, 4) is 5.75 Å². The topological polar surface area (TPSA) is 67.5 Å². The summed E-state index contributed by atoms with van der Waals surface area (Å²) in [5, 5.41) is 14.4. The zero-order chi connectivity index (χ0) is 15.7. The molecule has 0 saturated carbocycles. The molecular formula is C16H12BrN3O2. The van der Waals surface area contributed by atoms with Crippen LogP contribution in [0, 0.1) is 6.92 Å². The van der Waals surface area contributed by atoms with E-state index in [4.69, 9.17) is 0 Å². The number of hydrogen-bond donors (Lipinski definition) is 1. The van der Waals surface area contributed by atoms with E-state index >= 15 is 0 Å². The highest BCUT2D eigenvalue weighted by atomic mass is 79.9. The van der Waals surface area contributed by atoms with E-state index in [-0.39, 0.29) is 11.3 Å². The predicted molar refractivity (Wildman–Crippen MR) is 89.5 cm³/mol. The summed E-state index contributed by atoms with van der Waals surface area (Å²) in [5.74, 6) is 0.583. The SMILES string of the molecule is Cc1nc2ccc(Br)cc2c(=O)n1N=Cc1ccccc1O. The first-order valence-corrected chi connectivity index (χ1v) is 7.37. The molecule has 3 aromatic rings. The van der Waals surface area contributed by atoms with Crippen molar-refractivity contribution in [3.05, 3.63) is 68.7 Å². The van der Waals surface area contributed by atoms with Gasteiger partial charge in [-0.25, -0.2) is 4.98 Å². The Kier molecular flexibility index (Phi) is 3.77. The van der Waals surface area contributed by atoms with Gasteiger partial charge in [0.1, 0.15) is 11.6 Å². The van der Waals surface area contributed by atoms with Crippen molar-refractivity contribution in [1.29, 1.82) is 0 Å². The van der Waals surface area contributed by atoms with E-state index in [1.54, 1.807) is 43.3 Å². The molecule has 5 nitrogen and oxygen atoms in total. The molecule has 0 aliphatic rings. The number of fused-ring (bicyclic) bond motifs is 1. The zero-order valence-corrected chi connectivity index (χ0v) is 13.3. The normalized spacial score (nSPS) is 11.4. The molecule has 0 radical (unpaired) electrons. The number of phenolic OH excluding ortho intramolecular Hbond substituents is 1. The van der Waals surface area contributed by atoms with E-state index in [1.165, 1.54) is 10.9 Å². The fourth-order valence-electron chi connectivity index (χ4n) is 2.11. The molecule has 1 N–H and O–H groups in total. The molecule has 1 aromatic heterocycles. The van der Waals surface area contributed by atoms with Gasteiger partial charge in [0.25, 0.3) is 5.56 Å². The average molecular weight is 358 g/mol. The molecule has 0 aliphatic heterocycles. The van der Waals surface area contributed by atoms with Crippen LogP contribution in [0.5, 0.6) is 5.75 Å². The number of aryl methyl sites for hydroxylation is 1. The van der Waals surface area contributed by atoms with Crippen LogP contribution >= 0.6 is 15.9 Å². The Hall–Kier alpha value is -2.47. The van der Waals surface area contributed by atoms with E-state index in [2.05, 4.69) is 26.0 Å². The largest absolute Gasteiger partial charge is 0.507 e. The van der Waals surface area contributed by atoms with Gasteiger partial charge in [0.05, 0.1) is 17.1 Å². The van der Waals surface area contributed by atoms with Crippen molar-refractivity contribution in [2.75, 3.05) is 0 Å². The standard InChI is InChI=1S/C16H12BrN3O2/c1-10-19-14-7-6-12(17)8-13(14)16(22)20(10)18-9-11-4-2-3-5-15(11)21/h2-9,21H,1H3. The second kappa shape index (κ2) is 5.73. The van der Waals surface area contributed by atoms with Crippen LogP contribution in [0.2, 0.25) is 0 Å². The van der Waals surface area contributed by atoms with Gasteiger partial charge in [-0.05, 0) is 37.3 Å². The van der Waals surface area contributed by atoms with Gasteiger partial charge in [-0.3, -0.25) is 4.79 Å². The van der Waals surface area contributed by atoms with Gasteiger partial charge < -0.3 is 5.11 Å². The summed E-state index contributed by atoms with van der Waals surface area (Å²) in [6.07, 6.45) is 1.44. The summed E-state index contributed by atoms with van der Waals surface area (Å²) in [4.78, 5) is 16.9. The first kappa shape index (κ1) is 14.5. The van der Waals surface area contributed by atoms with Crippen LogP contribution < -0.4 is 5.56 Å². The molecule has 1 heterocycles. The maximum Gasteiger partial charge on any atom is 0.282 e. The van der Waals surface area contributed by atoms with Crippen molar-refractivity contribution >= 4 is 33.0 Å². The van der Waals surface area contributed by atoms with E-state index in [0.717, 1.165) is 4.47 Å². The first-order chi connectivity index (χ1) is 10.6. The number of aromatic nitrogens is 2. The number of nitrogens with zero attached hydrogens (tertiary/aromatic N) is 3. The minimum Gasteiger partial charge on any atom is -0.507 e. The summed E-state index contributed by atoms with van der Waals surface area (Å²) in [5.41, 5.74) is 0.901. The molecule has 0 fully saturated rings. The molecule has 6 heteroatoms. The van der Waals surface area contributed by atoms with E-state index < -0.39 is 0 Å². The molecule has 3 rings (SSSR count). The van der Waals surface area contributed by atoms with Crippen LogP contribution in [0.15, 0.2) is 56.8 Å². The lowest BCUT2D eigenvalue weighted by molar-refractivity contribution is 0.474. The third-order valence-electron chi connectivity index (χ3n) is 3.22. The smallest absolute Gasteiger partial charge is 0.282 e. The minimum absolute atomic E-state index is 0.105. The lowest BCUT2D eigenvalue weighted by Crippen LogP contribution is -2.20. The van der Waals surface area contributed by atoms with Crippen molar-refractivity contribution in [3.63, 3.8) is 0 Å². The highest BCUT2D eigenvalue weighted by Gasteiger charge is 2.07. The molecule has 0 saturated heterocycles. The summed E-state index contributed by atoms with van der Waals surface area (Å²) < 4.78 is 2.03. The monoisotopic (exact) mass is 357 g/mol. The van der Waals surface area contributed by atoms with Crippen molar-refractivity contribution in [1.82, 2.24) is 9.66 Å². The number of rotatable bonds is 2. The number of hydrogen-bond acceptors (Lipinski definition) is 4. The molecule has 110 valence electrons. The molecule has 22 heavy (non-hydrogen) atoms. The Morgan fingerprint density at radius 2 is 2.05 bits per heavy atom. The molecule has 2 aromatic carbocycles. The Labute approximate surface area is 134 Å². The maximum atomic E-state index is 12.5. The van der Waals surface area contributed by atoms with Gasteiger partial charge >= 0.3 is 0 Å². The molecule has 0 spiro atoms.